The molecule has 13 heteroatoms. The second kappa shape index (κ2) is 14.4. The number of halogens is 3. The molecule has 238 valence electrons. The van der Waals surface area contributed by atoms with Crippen molar-refractivity contribution in [2.45, 2.75) is 37.5 Å². The summed E-state index contributed by atoms with van der Waals surface area (Å²) in [6.45, 7) is 0.452. The first-order valence-corrected chi connectivity index (χ1v) is 14.1. The summed E-state index contributed by atoms with van der Waals surface area (Å²) in [6.07, 6.45) is -5.21. The fraction of sp³-hybridized carbons (Fsp3) is 0.242. The van der Waals surface area contributed by atoms with Gasteiger partial charge in [-0.05, 0) is 35.7 Å². The van der Waals surface area contributed by atoms with Gasteiger partial charge in [-0.2, -0.15) is 13.2 Å². The maximum absolute atomic E-state index is 14.6. The van der Waals surface area contributed by atoms with E-state index in [4.69, 9.17) is 11.1 Å². The number of hydrogen-bond donors (Lipinski definition) is 3. The standard InChI is InChI=1S/C33H30F3N5O5/c1-40-25-17-16-21(11-5-4-10-18-39-32(37)38)19-24(25)29(43)41(28(30(40)44)23-14-8-3-9-15-23)26(22-12-6-2-7-13-22)20-27(42)46-31(45)33(34,35)36/h2-3,6-9,12-17,19,26,28H,4,10,18,20H2,1H3,(H4,37,38,39). The highest BCUT2D eigenvalue weighted by Crippen LogP contribution is 2.41. The van der Waals surface area contributed by atoms with Crippen molar-refractivity contribution in [2.24, 2.45) is 5.73 Å². The molecule has 0 bridgehead atoms. The lowest BCUT2D eigenvalue weighted by atomic mass is 9.95. The number of guanidine groups is 1. The molecule has 0 spiro atoms. The van der Waals surface area contributed by atoms with Crippen LogP contribution in [-0.4, -0.2) is 54.4 Å². The van der Waals surface area contributed by atoms with Gasteiger partial charge in [0.1, 0.15) is 6.04 Å². The van der Waals surface area contributed by atoms with Crippen molar-refractivity contribution in [3.8, 4) is 11.8 Å². The molecule has 0 fully saturated rings. The molecule has 4 N–H and O–H groups in total. The number of fused-ring (bicyclic) bond motifs is 1. The number of carbonyl (C=O) groups excluding carboxylic acids is 4. The molecule has 1 aliphatic rings. The van der Waals surface area contributed by atoms with Gasteiger partial charge in [0.05, 0.1) is 23.7 Å². The summed E-state index contributed by atoms with van der Waals surface area (Å²) in [7, 11) is 1.50. The molecule has 0 aromatic heterocycles. The molecule has 0 saturated carbocycles. The van der Waals surface area contributed by atoms with Crippen LogP contribution in [0.5, 0.6) is 0 Å². The quantitative estimate of drug-likeness (QED) is 0.0841. The summed E-state index contributed by atoms with van der Waals surface area (Å²) in [5.41, 5.74) is 6.77. The molecule has 2 unspecified atom stereocenters. The van der Waals surface area contributed by atoms with Crippen LogP contribution in [0.2, 0.25) is 0 Å². The van der Waals surface area contributed by atoms with Crippen LogP contribution in [0.25, 0.3) is 0 Å². The summed E-state index contributed by atoms with van der Waals surface area (Å²) in [4.78, 5) is 55.5. The van der Waals surface area contributed by atoms with Crippen LogP contribution in [0.15, 0.2) is 78.9 Å². The van der Waals surface area contributed by atoms with E-state index >= 15 is 0 Å². The Morgan fingerprint density at radius 2 is 1.70 bits per heavy atom. The number of anilines is 1. The molecule has 0 saturated heterocycles. The van der Waals surface area contributed by atoms with Gasteiger partial charge in [-0.3, -0.25) is 19.8 Å². The Kier molecular flexibility index (Phi) is 10.4. The first-order valence-electron chi connectivity index (χ1n) is 14.1. The second-order valence-corrected chi connectivity index (χ2v) is 10.3. The van der Waals surface area contributed by atoms with E-state index in [9.17, 15) is 32.3 Å². The maximum atomic E-state index is 14.6. The smallest absolute Gasteiger partial charge is 0.386 e. The van der Waals surface area contributed by atoms with E-state index in [1.807, 2.05) is 0 Å². The molecule has 4 rings (SSSR count). The zero-order valence-corrected chi connectivity index (χ0v) is 24.6. The zero-order chi connectivity index (χ0) is 33.4. The summed E-state index contributed by atoms with van der Waals surface area (Å²) in [5, 5.41) is 9.89. The topological polar surface area (TPSA) is 146 Å². The number of hydrogen-bond acceptors (Lipinski definition) is 6. The number of alkyl halides is 3. The van der Waals surface area contributed by atoms with Crippen LogP contribution in [0.4, 0.5) is 18.9 Å². The van der Waals surface area contributed by atoms with E-state index in [0.29, 0.717) is 36.1 Å². The van der Waals surface area contributed by atoms with Crippen molar-refractivity contribution >= 4 is 35.4 Å². The van der Waals surface area contributed by atoms with Gasteiger partial charge in [-0.25, -0.2) is 4.79 Å². The van der Waals surface area contributed by atoms with Crippen molar-refractivity contribution < 1.29 is 37.1 Å². The third kappa shape index (κ3) is 7.89. The first kappa shape index (κ1) is 33.3. The lowest BCUT2D eigenvalue weighted by Gasteiger charge is -2.36. The molecule has 0 aliphatic carbocycles. The van der Waals surface area contributed by atoms with Gasteiger partial charge in [-0.1, -0.05) is 72.5 Å². The molecule has 1 heterocycles. The van der Waals surface area contributed by atoms with Crippen LogP contribution in [0, 0.1) is 17.3 Å². The number of benzene rings is 3. The van der Waals surface area contributed by atoms with Crippen LogP contribution in [-0.2, 0) is 19.1 Å². The van der Waals surface area contributed by atoms with E-state index in [0.717, 1.165) is 4.90 Å². The lowest BCUT2D eigenvalue weighted by molar-refractivity contribution is -0.202. The maximum Gasteiger partial charge on any atom is 0.491 e. The van der Waals surface area contributed by atoms with Gasteiger partial charge >= 0.3 is 18.1 Å². The fourth-order valence-electron chi connectivity index (χ4n) is 4.99. The van der Waals surface area contributed by atoms with Gasteiger partial charge in [0.25, 0.3) is 11.8 Å². The first-order chi connectivity index (χ1) is 21.9. The number of rotatable bonds is 8. The number of amides is 2. The second-order valence-electron chi connectivity index (χ2n) is 10.3. The molecule has 3 aromatic rings. The average molecular weight is 634 g/mol. The minimum atomic E-state index is -5.41. The van der Waals surface area contributed by atoms with Gasteiger partial charge in [-0.15, -0.1) is 0 Å². The number of esters is 2. The van der Waals surface area contributed by atoms with E-state index < -0.39 is 48.4 Å². The predicted molar refractivity (Wildman–Crippen MR) is 162 cm³/mol. The number of nitrogens with two attached hydrogens (primary N) is 1. The number of unbranched alkanes of at least 4 members (excludes halogenated alkanes) is 1. The summed E-state index contributed by atoms with van der Waals surface area (Å²) < 4.78 is 42.9. The van der Waals surface area contributed by atoms with E-state index in [-0.39, 0.29) is 17.2 Å². The van der Waals surface area contributed by atoms with Crippen LogP contribution >= 0.6 is 0 Å². The van der Waals surface area contributed by atoms with Crippen LogP contribution < -0.4 is 16.0 Å². The van der Waals surface area contributed by atoms with Crippen LogP contribution in [0.1, 0.15) is 58.4 Å². The summed E-state index contributed by atoms with van der Waals surface area (Å²) in [6, 6.07) is 18.4. The highest BCUT2D eigenvalue weighted by molar-refractivity contribution is 6.11. The highest BCUT2D eigenvalue weighted by Gasteiger charge is 2.46. The Morgan fingerprint density at radius 1 is 1.04 bits per heavy atom. The third-order valence-electron chi connectivity index (χ3n) is 7.13. The highest BCUT2D eigenvalue weighted by atomic mass is 19.4. The Labute approximate surface area is 262 Å². The molecule has 1 aliphatic heterocycles. The number of nitrogens with zero attached hydrogens (tertiary/aromatic N) is 2. The SMILES string of the molecule is CN1C(=O)C(c2ccccc2)N(C(CC(=O)OC(=O)C(F)(F)F)c2ccccc2)C(=O)c2cc(C#CCCCNC(=N)N)ccc21. The molecule has 46 heavy (non-hydrogen) atoms. The van der Waals surface area contributed by atoms with Crippen molar-refractivity contribution in [1.29, 1.82) is 5.41 Å². The minimum absolute atomic E-state index is 0.0694. The predicted octanol–water partition coefficient (Wildman–Crippen LogP) is 4.22. The van der Waals surface area contributed by atoms with Crippen molar-refractivity contribution in [2.75, 3.05) is 18.5 Å². The molecule has 2 amide bonds. The normalized spacial score (nSPS) is 15.2. The van der Waals surface area contributed by atoms with Crippen molar-refractivity contribution in [3.05, 3.63) is 101 Å². The van der Waals surface area contributed by atoms with E-state index in [2.05, 4.69) is 21.9 Å². The Hall–Kier alpha value is -5.64. The Bertz CT molecular complexity index is 1690. The van der Waals surface area contributed by atoms with Gasteiger partial charge < -0.3 is 25.6 Å². The largest absolute Gasteiger partial charge is 0.491 e. The van der Waals surface area contributed by atoms with E-state index in [1.54, 1.807) is 72.8 Å². The summed E-state index contributed by atoms with van der Waals surface area (Å²) in [5.74, 6) is 0.368. The molecule has 2 atom stereocenters. The average Bonchev–Trinajstić information content (AvgIpc) is 3.10. The lowest BCUT2D eigenvalue weighted by Crippen LogP contribution is -2.44. The Morgan fingerprint density at radius 3 is 2.33 bits per heavy atom. The molecular weight excluding hydrogens is 603 g/mol. The van der Waals surface area contributed by atoms with E-state index in [1.165, 1.54) is 18.0 Å². The number of carbonyl (C=O) groups is 4. The molecule has 3 aromatic carbocycles. The zero-order valence-electron chi connectivity index (χ0n) is 24.6. The van der Waals surface area contributed by atoms with Gasteiger partial charge in [0, 0.05) is 25.6 Å². The van der Waals surface area contributed by atoms with Crippen molar-refractivity contribution in [3.63, 3.8) is 0 Å². The molecular formula is C33H30F3N5O5. The van der Waals surface area contributed by atoms with Crippen molar-refractivity contribution in [1.82, 2.24) is 10.2 Å². The third-order valence-corrected chi connectivity index (χ3v) is 7.13. The number of ether oxygens (including phenoxy) is 1. The summed E-state index contributed by atoms with van der Waals surface area (Å²) >= 11 is 0. The molecule has 0 radical (unpaired) electrons. The van der Waals surface area contributed by atoms with Crippen LogP contribution in [0.3, 0.4) is 0 Å². The minimum Gasteiger partial charge on any atom is -0.386 e. The van der Waals surface area contributed by atoms with Gasteiger partial charge in [0.15, 0.2) is 5.96 Å². The molecule has 10 nitrogen and oxygen atoms in total. The number of likely N-dealkylation sites (N-methyl/N-ethyl adjacent to an activating group) is 1. The number of nitrogens with one attached hydrogen (secondary N) is 2. The van der Waals surface area contributed by atoms with Gasteiger partial charge in [0.2, 0.25) is 0 Å². The Balaban J connectivity index is 1.81. The monoisotopic (exact) mass is 633 g/mol. The fourth-order valence-corrected chi connectivity index (χ4v) is 4.99.